The Kier molecular flexibility index (Phi) is 6.24. The first kappa shape index (κ1) is 20.2. The molecule has 3 rings (SSSR count). The molecular weight excluding hydrogens is 419 g/mol. The van der Waals surface area contributed by atoms with Gasteiger partial charge in [-0.15, -0.1) is 0 Å². The van der Waals surface area contributed by atoms with E-state index in [0.717, 1.165) is 5.56 Å². The van der Waals surface area contributed by atoms with Crippen LogP contribution in [0.5, 0.6) is 0 Å². The minimum absolute atomic E-state index is 0.130. The van der Waals surface area contributed by atoms with Crippen molar-refractivity contribution in [3.63, 3.8) is 0 Å². The molecule has 0 aliphatic rings. The Morgan fingerprint density at radius 1 is 0.857 bits per heavy atom. The van der Waals surface area contributed by atoms with Crippen LogP contribution in [0.25, 0.3) is 0 Å². The molecule has 0 radical (unpaired) electrons. The van der Waals surface area contributed by atoms with Gasteiger partial charge in [-0.2, -0.15) is 0 Å². The van der Waals surface area contributed by atoms with Crippen LogP contribution in [-0.4, -0.2) is 14.3 Å². The van der Waals surface area contributed by atoms with E-state index < -0.39 is 10.0 Å². The van der Waals surface area contributed by atoms with Crippen molar-refractivity contribution in [3.05, 3.63) is 94.0 Å². The molecule has 0 saturated carbocycles. The van der Waals surface area contributed by atoms with E-state index in [-0.39, 0.29) is 33.6 Å². The van der Waals surface area contributed by atoms with Gasteiger partial charge >= 0.3 is 0 Å². The third-order valence-electron chi connectivity index (χ3n) is 3.92. The van der Waals surface area contributed by atoms with E-state index in [4.69, 9.17) is 23.2 Å². The first-order valence-electron chi connectivity index (χ1n) is 8.26. The molecule has 3 aromatic rings. The van der Waals surface area contributed by atoms with E-state index in [1.807, 2.05) is 12.1 Å². The molecule has 5 nitrogen and oxygen atoms in total. The van der Waals surface area contributed by atoms with Crippen LogP contribution in [0.2, 0.25) is 10.0 Å². The molecule has 1 amide bonds. The molecule has 2 N–H and O–H groups in total. The van der Waals surface area contributed by atoms with E-state index in [0.29, 0.717) is 5.02 Å². The Labute approximate surface area is 173 Å². The van der Waals surface area contributed by atoms with Gasteiger partial charge in [-0.05, 0) is 42.0 Å². The molecule has 28 heavy (non-hydrogen) atoms. The summed E-state index contributed by atoms with van der Waals surface area (Å²) >= 11 is 12.3. The Balaban J connectivity index is 1.72. The van der Waals surface area contributed by atoms with Crippen LogP contribution in [0.3, 0.4) is 0 Å². The molecule has 8 heteroatoms. The number of anilines is 1. The number of hydrogen-bond acceptors (Lipinski definition) is 3. The predicted octanol–water partition coefficient (Wildman–Crippen LogP) is 4.72. The SMILES string of the molecule is O=C(NCc1ccccc1Cl)c1ccc(NS(=O)(=O)c2ccccc2)cc1Cl. The summed E-state index contributed by atoms with van der Waals surface area (Å²) in [5.41, 5.74) is 1.27. The van der Waals surface area contributed by atoms with E-state index in [2.05, 4.69) is 10.0 Å². The molecule has 0 aliphatic heterocycles. The van der Waals surface area contributed by atoms with Crippen molar-refractivity contribution in [2.75, 3.05) is 4.72 Å². The van der Waals surface area contributed by atoms with Crippen molar-refractivity contribution >= 4 is 44.8 Å². The van der Waals surface area contributed by atoms with Crippen LogP contribution in [0.4, 0.5) is 5.69 Å². The van der Waals surface area contributed by atoms with Crippen molar-refractivity contribution in [1.29, 1.82) is 0 Å². The Bertz CT molecular complexity index is 1100. The van der Waals surface area contributed by atoms with Gasteiger partial charge in [0.25, 0.3) is 15.9 Å². The van der Waals surface area contributed by atoms with Gasteiger partial charge in [0.2, 0.25) is 0 Å². The van der Waals surface area contributed by atoms with Crippen LogP contribution in [0.15, 0.2) is 77.7 Å². The quantitative estimate of drug-likeness (QED) is 0.588. The fourth-order valence-corrected chi connectivity index (χ4v) is 4.03. The van der Waals surface area contributed by atoms with Gasteiger partial charge in [0.1, 0.15) is 0 Å². The Hall–Kier alpha value is -2.54. The lowest BCUT2D eigenvalue weighted by atomic mass is 10.1. The average molecular weight is 435 g/mol. The molecule has 0 bridgehead atoms. The van der Waals surface area contributed by atoms with Crippen molar-refractivity contribution in [1.82, 2.24) is 5.32 Å². The predicted molar refractivity (Wildman–Crippen MR) is 111 cm³/mol. The molecule has 0 aliphatic carbocycles. The van der Waals surface area contributed by atoms with Crippen molar-refractivity contribution in [3.8, 4) is 0 Å². The molecule has 0 aromatic heterocycles. The van der Waals surface area contributed by atoms with Gasteiger partial charge in [-0.1, -0.05) is 59.6 Å². The largest absolute Gasteiger partial charge is 0.348 e. The van der Waals surface area contributed by atoms with Crippen LogP contribution >= 0.6 is 23.2 Å². The summed E-state index contributed by atoms with van der Waals surface area (Å²) in [6.07, 6.45) is 0. The summed E-state index contributed by atoms with van der Waals surface area (Å²) in [6, 6.07) is 19.5. The van der Waals surface area contributed by atoms with Gasteiger partial charge in [-0.25, -0.2) is 8.42 Å². The van der Waals surface area contributed by atoms with Crippen molar-refractivity contribution in [2.45, 2.75) is 11.4 Å². The van der Waals surface area contributed by atoms with Gasteiger partial charge in [0.15, 0.2) is 0 Å². The summed E-state index contributed by atoms with van der Waals surface area (Å²) in [6.45, 7) is 0.247. The second-order valence-electron chi connectivity index (χ2n) is 5.89. The van der Waals surface area contributed by atoms with Crippen molar-refractivity contribution in [2.24, 2.45) is 0 Å². The minimum atomic E-state index is -3.74. The molecule has 0 unspecified atom stereocenters. The lowest BCUT2D eigenvalue weighted by Gasteiger charge is -2.11. The highest BCUT2D eigenvalue weighted by Gasteiger charge is 2.16. The van der Waals surface area contributed by atoms with E-state index in [9.17, 15) is 13.2 Å². The summed E-state index contributed by atoms with van der Waals surface area (Å²) in [5.74, 6) is -0.387. The lowest BCUT2D eigenvalue weighted by molar-refractivity contribution is 0.0951. The molecule has 0 saturated heterocycles. The second kappa shape index (κ2) is 8.65. The summed E-state index contributed by atoms with van der Waals surface area (Å²) in [4.78, 5) is 12.5. The third kappa shape index (κ3) is 4.84. The lowest BCUT2D eigenvalue weighted by Crippen LogP contribution is -2.23. The Morgan fingerprint density at radius 3 is 2.21 bits per heavy atom. The van der Waals surface area contributed by atoms with Crippen LogP contribution in [0.1, 0.15) is 15.9 Å². The van der Waals surface area contributed by atoms with Gasteiger partial charge in [0, 0.05) is 11.6 Å². The normalized spacial score (nSPS) is 11.1. The number of nitrogens with one attached hydrogen (secondary N) is 2. The maximum atomic E-state index is 12.4. The molecule has 0 heterocycles. The number of amides is 1. The van der Waals surface area contributed by atoms with E-state index in [1.165, 1.54) is 30.3 Å². The average Bonchev–Trinajstić information content (AvgIpc) is 2.67. The topological polar surface area (TPSA) is 75.3 Å². The number of rotatable bonds is 6. The zero-order valence-electron chi connectivity index (χ0n) is 14.5. The monoisotopic (exact) mass is 434 g/mol. The Morgan fingerprint density at radius 2 is 1.54 bits per heavy atom. The fraction of sp³-hybridized carbons (Fsp3) is 0.0500. The molecule has 144 valence electrons. The molecule has 3 aromatic carbocycles. The van der Waals surface area contributed by atoms with Crippen molar-refractivity contribution < 1.29 is 13.2 Å². The number of sulfonamides is 1. The number of hydrogen-bond donors (Lipinski definition) is 2. The van der Waals surface area contributed by atoms with Gasteiger partial charge in [0.05, 0.1) is 21.2 Å². The standard InChI is InChI=1S/C20H16Cl2N2O3S/c21-18-9-5-4-6-14(18)13-23-20(25)17-11-10-15(12-19(17)22)24-28(26,27)16-7-2-1-3-8-16/h1-12,24H,13H2,(H,23,25). The van der Waals surface area contributed by atoms with Crippen LogP contribution in [-0.2, 0) is 16.6 Å². The number of benzene rings is 3. The van der Waals surface area contributed by atoms with Gasteiger partial charge < -0.3 is 5.32 Å². The van der Waals surface area contributed by atoms with Gasteiger partial charge in [-0.3, -0.25) is 9.52 Å². The second-order valence-corrected chi connectivity index (χ2v) is 8.38. The zero-order chi connectivity index (χ0) is 20.1. The maximum Gasteiger partial charge on any atom is 0.261 e. The maximum absolute atomic E-state index is 12.4. The highest BCUT2D eigenvalue weighted by Crippen LogP contribution is 2.24. The fourth-order valence-electron chi connectivity index (χ4n) is 2.49. The van der Waals surface area contributed by atoms with Crippen LogP contribution < -0.4 is 10.0 Å². The highest BCUT2D eigenvalue weighted by molar-refractivity contribution is 7.92. The number of halogens is 2. The molecular formula is C20H16Cl2N2O3S. The number of carbonyl (C=O) groups excluding carboxylic acids is 1. The first-order chi connectivity index (χ1) is 13.4. The summed E-state index contributed by atoms with van der Waals surface area (Å²) in [7, 11) is -3.74. The molecule has 0 fully saturated rings. The number of carbonyl (C=O) groups is 1. The molecule has 0 atom stereocenters. The third-order valence-corrected chi connectivity index (χ3v) is 6.00. The smallest absolute Gasteiger partial charge is 0.261 e. The van der Waals surface area contributed by atoms with E-state index in [1.54, 1.807) is 30.3 Å². The molecule has 0 spiro atoms. The zero-order valence-corrected chi connectivity index (χ0v) is 16.9. The van der Waals surface area contributed by atoms with E-state index >= 15 is 0 Å². The van der Waals surface area contributed by atoms with Crippen LogP contribution in [0, 0.1) is 0 Å². The summed E-state index contributed by atoms with van der Waals surface area (Å²) < 4.78 is 27.2. The minimum Gasteiger partial charge on any atom is -0.348 e. The highest BCUT2D eigenvalue weighted by atomic mass is 35.5. The first-order valence-corrected chi connectivity index (χ1v) is 10.5. The summed E-state index contributed by atoms with van der Waals surface area (Å²) in [5, 5.41) is 3.43.